The summed E-state index contributed by atoms with van der Waals surface area (Å²) in [4.78, 5) is 12.5. The molecule has 0 saturated carbocycles. The van der Waals surface area contributed by atoms with Crippen LogP contribution in [0.4, 0.5) is 11.9 Å². The van der Waals surface area contributed by atoms with E-state index in [-0.39, 0.29) is 11.9 Å². The van der Waals surface area contributed by atoms with Crippen molar-refractivity contribution < 1.29 is 23.7 Å². The molecule has 4 aromatic rings. The molecule has 4 rings (SSSR count). The van der Waals surface area contributed by atoms with E-state index < -0.39 is 0 Å². The molecular weight excluding hydrogens is 1000 g/mol. The van der Waals surface area contributed by atoms with Crippen molar-refractivity contribution in [3.05, 3.63) is 70.8 Å². The average molecular weight is 1120 g/mol. The number of nitrogens with zero attached hydrogens (tertiary/aromatic N) is 3. The molecule has 3 aromatic carbocycles. The first kappa shape index (κ1) is 68.3. The van der Waals surface area contributed by atoms with Crippen LogP contribution >= 0.6 is 0 Å². The Kier molecular flexibility index (Phi) is 36.6. The minimum atomic E-state index is 0.0933. The molecule has 0 aliphatic carbocycles. The number of nitrogens with two attached hydrogens (primary N) is 2. The highest BCUT2D eigenvalue weighted by molar-refractivity contribution is 5.80. The van der Waals surface area contributed by atoms with Gasteiger partial charge in [0.05, 0.1) is 33.0 Å². The van der Waals surface area contributed by atoms with E-state index in [1.807, 2.05) is 24.3 Å². The van der Waals surface area contributed by atoms with Crippen LogP contribution in [-0.2, 0) is 0 Å². The van der Waals surface area contributed by atoms with E-state index in [9.17, 15) is 0 Å². The molecule has 0 saturated heterocycles. The summed E-state index contributed by atoms with van der Waals surface area (Å²) in [5.41, 5.74) is 16.4. The standard InChI is InChI=1S/C71H113N5O5/c1-8-13-16-19-22-25-28-31-34-37-48-77-66-51-60(52-67(78-49-38-35-32-29-26-23-20-17-14-9-2)68(66)79-50-39-36-33-30-27-24-21-18-15-10-3)43-47-63-54-64(80-55-57(6)11-4)62(53-65(63)81-56-58(7)12-5)46-42-59-40-44-61(45-41-59)69-74-70(72)76-71(73)75-69/h40-47,51-54,57-58H,8-39,48-50,55-56H2,1-7H3,(H4,72,73,74,75,76)/b46-42+,47-43+/t57-,58-/m1/s1. The fraction of sp³-hybridized carbons (Fsp3) is 0.648. The molecule has 0 fully saturated rings. The van der Waals surface area contributed by atoms with Crippen LogP contribution in [-0.4, -0.2) is 48.0 Å². The van der Waals surface area contributed by atoms with Gasteiger partial charge in [-0.3, -0.25) is 0 Å². The number of unbranched alkanes of at least 4 members (excludes halogenated alkanes) is 27. The Bertz CT molecular complexity index is 2230. The van der Waals surface area contributed by atoms with E-state index in [1.54, 1.807) is 0 Å². The molecule has 0 radical (unpaired) electrons. The Morgan fingerprint density at radius 1 is 0.370 bits per heavy atom. The van der Waals surface area contributed by atoms with Gasteiger partial charge >= 0.3 is 0 Å². The van der Waals surface area contributed by atoms with Gasteiger partial charge in [-0.15, -0.1) is 0 Å². The van der Waals surface area contributed by atoms with Crippen molar-refractivity contribution in [1.82, 2.24) is 15.0 Å². The highest BCUT2D eigenvalue weighted by Gasteiger charge is 2.18. The van der Waals surface area contributed by atoms with Crippen molar-refractivity contribution in [2.45, 2.75) is 254 Å². The van der Waals surface area contributed by atoms with Gasteiger partial charge in [-0.2, -0.15) is 15.0 Å². The van der Waals surface area contributed by atoms with Crippen LogP contribution in [0.5, 0.6) is 28.7 Å². The molecule has 10 heteroatoms. The Balaban J connectivity index is 1.66. The molecule has 81 heavy (non-hydrogen) atoms. The number of hydrogen-bond acceptors (Lipinski definition) is 10. The summed E-state index contributed by atoms with van der Waals surface area (Å²) in [6.07, 6.45) is 49.0. The zero-order chi connectivity index (χ0) is 58.0. The van der Waals surface area contributed by atoms with Crippen LogP contribution in [0, 0.1) is 11.8 Å². The molecule has 452 valence electrons. The summed E-state index contributed by atoms with van der Waals surface area (Å²) in [5, 5.41) is 0. The molecule has 0 spiro atoms. The van der Waals surface area contributed by atoms with Gasteiger partial charge in [-0.05, 0) is 66.5 Å². The van der Waals surface area contributed by atoms with Gasteiger partial charge in [0.1, 0.15) is 11.5 Å². The molecule has 4 N–H and O–H groups in total. The number of hydrogen-bond donors (Lipinski definition) is 2. The predicted molar refractivity (Wildman–Crippen MR) is 347 cm³/mol. The van der Waals surface area contributed by atoms with Gasteiger partial charge in [-0.25, -0.2) is 0 Å². The lowest BCUT2D eigenvalue weighted by atomic mass is 10.0. The summed E-state index contributed by atoms with van der Waals surface area (Å²) in [6.45, 7) is 18.9. The number of anilines is 2. The number of rotatable bonds is 49. The Morgan fingerprint density at radius 2 is 0.716 bits per heavy atom. The van der Waals surface area contributed by atoms with E-state index >= 15 is 0 Å². The van der Waals surface area contributed by atoms with E-state index in [4.69, 9.17) is 35.2 Å². The smallest absolute Gasteiger partial charge is 0.225 e. The number of benzene rings is 3. The average Bonchev–Trinajstić information content (AvgIpc) is 3.48. The molecule has 2 atom stereocenters. The highest BCUT2D eigenvalue weighted by Crippen LogP contribution is 2.41. The van der Waals surface area contributed by atoms with Crippen LogP contribution < -0.4 is 35.2 Å². The molecule has 10 nitrogen and oxygen atoms in total. The monoisotopic (exact) mass is 1120 g/mol. The van der Waals surface area contributed by atoms with Crippen molar-refractivity contribution >= 4 is 36.2 Å². The first-order valence-electron chi connectivity index (χ1n) is 32.9. The van der Waals surface area contributed by atoms with Crippen LogP contribution in [0.15, 0.2) is 48.5 Å². The van der Waals surface area contributed by atoms with Crippen molar-refractivity contribution in [2.75, 3.05) is 44.5 Å². The maximum absolute atomic E-state index is 6.79. The van der Waals surface area contributed by atoms with Gasteiger partial charge in [0, 0.05) is 16.7 Å². The first-order valence-corrected chi connectivity index (χ1v) is 32.9. The van der Waals surface area contributed by atoms with E-state index in [0.29, 0.717) is 50.7 Å². The second-order valence-corrected chi connectivity index (χ2v) is 23.2. The Labute approximate surface area is 493 Å². The number of ether oxygens (including phenoxy) is 5. The van der Waals surface area contributed by atoms with E-state index in [2.05, 4.69) is 112 Å². The lowest BCUT2D eigenvalue weighted by Crippen LogP contribution is -2.10. The minimum absolute atomic E-state index is 0.0933. The SMILES string of the molecule is CCCCCCCCCCCCOc1cc(/C=C/c2cc(OC[C@H](C)CC)c(/C=C/c3ccc(-c4nc(N)nc(N)n4)cc3)cc2OC[C@H](C)CC)cc(OCCCCCCCCCCCC)c1OCCCCCCCCCCCC. The zero-order valence-corrected chi connectivity index (χ0v) is 52.3. The summed E-state index contributed by atoms with van der Waals surface area (Å²) in [5.74, 6) is 5.26. The quantitative estimate of drug-likeness (QED) is 0.0325. The van der Waals surface area contributed by atoms with Crippen molar-refractivity contribution in [2.24, 2.45) is 11.8 Å². The molecule has 0 unspecified atom stereocenters. The highest BCUT2D eigenvalue weighted by atomic mass is 16.5. The zero-order valence-electron chi connectivity index (χ0n) is 52.3. The largest absolute Gasteiger partial charge is 0.493 e. The maximum atomic E-state index is 6.79. The lowest BCUT2D eigenvalue weighted by molar-refractivity contribution is 0.234. The molecule has 0 bridgehead atoms. The molecule has 1 heterocycles. The fourth-order valence-corrected chi connectivity index (χ4v) is 9.81. The van der Waals surface area contributed by atoms with Crippen molar-refractivity contribution in [3.63, 3.8) is 0 Å². The topological polar surface area (TPSA) is 137 Å². The number of aromatic nitrogens is 3. The summed E-state index contributed by atoms with van der Waals surface area (Å²) >= 11 is 0. The fourth-order valence-electron chi connectivity index (χ4n) is 9.81. The maximum Gasteiger partial charge on any atom is 0.225 e. The summed E-state index contributed by atoms with van der Waals surface area (Å²) < 4.78 is 33.8. The van der Waals surface area contributed by atoms with Gasteiger partial charge < -0.3 is 35.2 Å². The molecule has 0 aliphatic rings. The first-order chi connectivity index (χ1) is 39.7. The second kappa shape index (κ2) is 43.4. The second-order valence-electron chi connectivity index (χ2n) is 23.2. The Hall–Kier alpha value is -5.25. The Morgan fingerprint density at radius 3 is 1.09 bits per heavy atom. The minimum Gasteiger partial charge on any atom is -0.493 e. The third-order valence-corrected chi connectivity index (χ3v) is 15.6. The summed E-state index contributed by atoms with van der Waals surface area (Å²) in [7, 11) is 0. The predicted octanol–water partition coefficient (Wildman–Crippen LogP) is 20.8. The van der Waals surface area contributed by atoms with Crippen molar-refractivity contribution in [1.29, 1.82) is 0 Å². The molecule has 0 aliphatic heterocycles. The normalized spacial score (nSPS) is 12.4. The molecular formula is C71H113N5O5. The third-order valence-electron chi connectivity index (χ3n) is 15.6. The van der Waals surface area contributed by atoms with Crippen LogP contribution in [0.25, 0.3) is 35.7 Å². The number of nitrogen functional groups attached to an aromatic ring is 2. The lowest BCUT2D eigenvalue weighted by Gasteiger charge is -2.19. The molecule has 0 amide bonds. The van der Waals surface area contributed by atoms with Gasteiger partial charge in [0.25, 0.3) is 0 Å². The van der Waals surface area contributed by atoms with Gasteiger partial charge in [-0.1, -0.05) is 283 Å². The van der Waals surface area contributed by atoms with Crippen LogP contribution in [0.3, 0.4) is 0 Å². The van der Waals surface area contributed by atoms with E-state index in [1.165, 1.54) is 161 Å². The van der Waals surface area contributed by atoms with Gasteiger partial charge in [0.15, 0.2) is 17.3 Å². The van der Waals surface area contributed by atoms with Crippen molar-refractivity contribution in [3.8, 4) is 40.1 Å². The van der Waals surface area contributed by atoms with Crippen LogP contribution in [0.1, 0.15) is 276 Å². The summed E-state index contributed by atoms with van der Waals surface area (Å²) in [6, 6.07) is 16.5. The van der Waals surface area contributed by atoms with Gasteiger partial charge in [0.2, 0.25) is 17.6 Å². The van der Waals surface area contributed by atoms with Crippen LogP contribution in [0.2, 0.25) is 0 Å². The van der Waals surface area contributed by atoms with E-state index in [0.717, 1.165) is 102 Å². The third kappa shape index (κ3) is 29.5. The molecule has 1 aromatic heterocycles.